The Bertz CT molecular complexity index is 328. The summed E-state index contributed by atoms with van der Waals surface area (Å²) in [5.74, 6) is 0.211. The monoisotopic (exact) mass is 266 g/mol. The third-order valence-corrected chi connectivity index (χ3v) is 3.68. The smallest absolute Gasteiger partial charge is 0.224 e. The summed E-state index contributed by atoms with van der Waals surface area (Å²) in [5, 5.41) is 11.9. The average molecular weight is 266 g/mol. The molecule has 1 unspecified atom stereocenters. The van der Waals surface area contributed by atoms with Crippen molar-refractivity contribution in [1.82, 2.24) is 15.1 Å². The summed E-state index contributed by atoms with van der Waals surface area (Å²) < 4.78 is 5.36. The van der Waals surface area contributed by atoms with E-state index in [2.05, 4.69) is 16.3 Å². The van der Waals surface area contributed by atoms with Gasteiger partial charge in [-0.1, -0.05) is 0 Å². The van der Waals surface area contributed by atoms with Crippen LogP contribution in [0.5, 0.6) is 0 Å². The molecule has 106 valence electrons. The summed E-state index contributed by atoms with van der Waals surface area (Å²) in [6.07, 6.45) is 1.09. The van der Waals surface area contributed by atoms with Crippen molar-refractivity contribution < 1.29 is 9.53 Å². The lowest BCUT2D eigenvalue weighted by molar-refractivity contribution is -0.134. The second kappa shape index (κ2) is 7.43. The molecular weight excluding hydrogens is 244 g/mol. The van der Waals surface area contributed by atoms with Crippen LogP contribution in [0.3, 0.4) is 0 Å². The van der Waals surface area contributed by atoms with Crippen LogP contribution in [-0.2, 0) is 9.53 Å². The molecule has 0 spiro atoms. The minimum atomic E-state index is 0.165. The van der Waals surface area contributed by atoms with Gasteiger partial charge in [0.15, 0.2) is 0 Å². The first kappa shape index (κ1) is 14.3. The Hall–Kier alpha value is -1.16. The van der Waals surface area contributed by atoms with Gasteiger partial charge in [0.1, 0.15) is 0 Å². The van der Waals surface area contributed by atoms with Gasteiger partial charge in [0, 0.05) is 58.2 Å². The number of rotatable bonds is 4. The highest BCUT2D eigenvalue weighted by Crippen LogP contribution is 2.07. The zero-order valence-electron chi connectivity index (χ0n) is 11.3. The summed E-state index contributed by atoms with van der Waals surface area (Å²) in [4.78, 5) is 16.3. The van der Waals surface area contributed by atoms with Crippen LogP contribution in [-0.4, -0.2) is 74.2 Å². The van der Waals surface area contributed by atoms with Crippen LogP contribution in [0.2, 0.25) is 0 Å². The van der Waals surface area contributed by atoms with Gasteiger partial charge in [-0.3, -0.25) is 9.69 Å². The fourth-order valence-electron chi connectivity index (χ4n) is 2.52. The number of hydrogen-bond donors (Lipinski definition) is 1. The highest BCUT2D eigenvalue weighted by atomic mass is 16.5. The van der Waals surface area contributed by atoms with Crippen molar-refractivity contribution in [3.63, 3.8) is 0 Å². The van der Waals surface area contributed by atoms with Gasteiger partial charge >= 0.3 is 0 Å². The third kappa shape index (κ3) is 4.46. The molecule has 2 aliphatic heterocycles. The zero-order chi connectivity index (χ0) is 13.5. The number of amides is 1. The molecule has 1 atom stereocenters. The molecule has 2 saturated heterocycles. The number of nitriles is 1. The summed E-state index contributed by atoms with van der Waals surface area (Å²) in [5.41, 5.74) is 0. The molecule has 2 heterocycles. The lowest BCUT2D eigenvalue weighted by Crippen LogP contribution is -2.51. The maximum Gasteiger partial charge on any atom is 0.224 e. The van der Waals surface area contributed by atoms with Gasteiger partial charge in [0.25, 0.3) is 0 Å². The Kier molecular flexibility index (Phi) is 5.58. The summed E-state index contributed by atoms with van der Waals surface area (Å²) in [6, 6.07) is 2.32. The number of carbonyl (C=O) groups excluding carboxylic acids is 1. The SMILES string of the molecule is N#CCCN1CCN(C(=O)CC2COCCN2)CC1. The van der Waals surface area contributed by atoms with E-state index in [0.717, 1.165) is 45.9 Å². The van der Waals surface area contributed by atoms with E-state index in [4.69, 9.17) is 10.00 Å². The quantitative estimate of drug-likeness (QED) is 0.737. The van der Waals surface area contributed by atoms with Gasteiger partial charge in [0.05, 0.1) is 19.3 Å². The standard InChI is InChI=1S/C13H22N4O2/c14-2-1-4-16-5-7-17(8-6-16)13(18)10-12-11-19-9-3-15-12/h12,15H,1,3-11H2. The predicted molar refractivity (Wildman–Crippen MR) is 70.5 cm³/mol. The van der Waals surface area contributed by atoms with Crippen molar-refractivity contribution in [1.29, 1.82) is 5.26 Å². The molecule has 6 nitrogen and oxygen atoms in total. The molecule has 0 aromatic rings. The summed E-state index contributed by atoms with van der Waals surface area (Å²) in [6.45, 7) is 6.33. The molecule has 0 aromatic carbocycles. The van der Waals surface area contributed by atoms with Gasteiger partial charge in [-0.2, -0.15) is 5.26 Å². The summed E-state index contributed by atoms with van der Waals surface area (Å²) >= 11 is 0. The molecule has 0 aromatic heterocycles. The van der Waals surface area contributed by atoms with E-state index in [1.165, 1.54) is 0 Å². The van der Waals surface area contributed by atoms with Crippen molar-refractivity contribution in [3.8, 4) is 6.07 Å². The highest BCUT2D eigenvalue weighted by molar-refractivity contribution is 5.77. The van der Waals surface area contributed by atoms with E-state index >= 15 is 0 Å². The minimum absolute atomic E-state index is 0.165. The first-order valence-electron chi connectivity index (χ1n) is 6.98. The van der Waals surface area contributed by atoms with Gasteiger partial charge in [0.2, 0.25) is 5.91 Å². The van der Waals surface area contributed by atoms with E-state index in [-0.39, 0.29) is 11.9 Å². The van der Waals surface area contributed by atoms with E-state index < -0.39 is 0 Å². The molecule has 1 amide bonds. The van der Waals surface area contributed by atoms with Crippen LogP contribution >= 0.6 is 0 Å². The molecule has 0 saturated carbocycles. The topological polar surface area (TPSA) is 68.6 Å². The second-order valence-corrected chi connectivity index (χ2v) is 5.06. The Morgan fingerprint density at radius 3 is 2.79 bits per heavy atom. The number of piperazine rings is 1. The molecule has 19 heavy (non-hydrogen) atoms. The molecule has 1 N–H and O–H groups in total. The van der Waals surface area contributed by atoms with Crippen LogP contribution < -0.4 is 5.32 Å². The number of hydrogen-bond acceptors (Lipinski definition) is 5. The average Bonchev–Trinajstić information content (AvgIpc) is 2.46. The van der Waals surface area contributed by atoms with Crippen molar-refractivity contribution in [3.05, 3.63) is 0 Å². The number of morpholine rings is 1. The normalized spacial score (nSPS) is 25.0. The van der Waals surface area contributed by atoms with Crippen molar-refractivity contribution in [2.75, 3.05) is 52.5 Å². The second-order valence-electron chi connectivity index (χ2n) is 5.06. The number of ether oxygens (including phenoxy) is 1. The molecule has 2 fully saturated rings. The highest BCUT2D eigenvalue weighted by Gasteiger charge is 2.24. The van der Waals surface area contributed by atoms with Gasteiger partial charge in [-0.05, 0) is 0 Å². The Morgan fingerprint density at radius 1 is 1.37 bits per heavy atom. The fraction of sp³-hybridized carbons (Fsp3) is 0.846. The largest absolute Gasteiger partial charge is 0.378 e. The molecule has 0 bridgehead atoms. The third-order valence-electron chi connectivity index (χ3n) is 3.68. The maximum atomic E-state index is 12.1. The number of nitrogens with zero attached hydrogens (tertiary/aromatic N) is 3. The molecule has 0 radical (unpaired) electrons. The molecule has 6 heteroatoms. The number of nitrogens with one attached hydrogen (secondary N) is 1. The molecule has 2 rings (SSSR count). The maximum absolute atomic E-state index is 12.1. The minimum Gasteiger partial charge on any atom is -0.378 e. The first-order chi connectivity index (χ1) is 9.29. The fourth-order valence-corrected chi connectivity index (χ4v) is 2.52. The van der Waals surface area contributed by atoms with E-state index in [0.29, 0.717) is 19.4 Å². The van der Waals surface area contributed by atoms with E-state index in [9.17, 15) is 4.79 Å². The Balaban J connectivity index is 1.68. The zero-order valence-corrected chi connectivity index (χ0v) is 11.3. The van der Waals surface area contributed by atoms with Crippen LogP contribution in [0.1, 0.15) is 12.8 Å². The van der Waals surface area contributed by atoms with Crippen LogP contribution in [0.25, 0.3) is 0 Å². The van der Waals surface area contributed by atoms with Gasteiger partial charge < -0.3 is 15.0 Å². The van der Waals surface area contributed by atoms with Crippen molar-refractivity contribution in [2.45, 2.75) is 18.9 Å². The van der Waals surface area contributed by atoms with Gasteiger partial charge in [-0.15, -0.1) is 0 Å². The van der Waals surface area contributed by atoms with Crippen molar-refractivity contribution >= 4 is 5.91 Å². The lowest BCUT2D eigenvalue weighted by Gasteiger charge is -2.35. The van der Waals surface area contributed by atoms with E-state index in [1.54, 1.807) is 0 Å². The molecule has 2 aliphatic rings. The Labute approximate surface area is 114 Å². The lowest BCUT2D eigenvalue weighted by atomic mass is 10.1. The predicted octanol–water partition coefficient (Wildman–Crippen LogP) is -0.577. The van der Waals surface area contributed by atoms with Crippen molar-refractivity contribution in [2.24, 2.45) is 0 Å². The molecule has 0 aliphatic carbocycles. The summed E-state index contributed by atoms with van der Waals surface area (Å²) in [7, 11) is 0. The van der Waals surface area contributed by atoms with Crippen LogP contribution in [0.4, 0.5) is 0 Å². The van der Waals surface area contributed by atoms with Gasteiger partial charge in [-0.25, -0.2) is 0 Å². The van der Waals surface area contributed by atoms with Crippen LogP contribution in [0.15, 0.2) is 0 Å². The Morgan fingerprint density at radius 2 is 2.16 bits per heavy atom. The van der Waals surface area contributed by atoms with E-state index in [1.807, 2.05) is 4.90 Å². The van der Waals surface area contributed by atoms with Crippen LogP contribution in [0, 0.1) is 11.3 Å². The molecular formula is C13H22N4O2. The first-order valence-corrected chi connectivity index (χ1v) is 6.98. The number of carbonyl (C=O) groups is 1.